The van der Waals surface area contributed by atoms with E-state index in [4.69, 9.17) is 15.2 Å². The van der Waals surface area contributed by atoms with E-state index in [2.05, 4.69) is 39.9 Å². The summed E-state index contributed by atoms with van der Waals surface area (Å²) < 4.78 is 14.0. The molecule has 3 saturated heterocycles. The molecule has 0 aromatic carbocycles. The Morgan fingerprint density at radius 2 is 1.80 bits per heavy atom. The smallest absolute Gasteiger partial charge is 0.162 e. The molecule has 5 aliphatic carbocycles. The van der Waals surface area contributed by atoms with Crippen molar-refractivity contribution in [1.82, 2.24) is 0 Å². The minimum atomic E-state index is -1.05. The predicted octanol–water partition coefficient (Wildman–Crippen LogP) is 6.33. The van der Waals surface area contributed by atoms with E-state index in [0.717, 1.165) is 108 Å². The number of epoxide rings is 1. The monoisotopic (exact) mass is 754 g/mol. The van der Waals surface area contributed by atoms with Crippen molar-refractivity contribution in [3.8, 4) is 0 Å². The first-order chi connectivity index (χ1) is 25.6. The summed E-state index contributed by atoms with van der Waals surface area (Å²) in [7, 11) is 0. The molecule has 3 aliphatic heterocycles. The van der Waals surface area contributed by atoms with Crippen LogP contribution in [0.1, 0.15) is 164 Å². The molecule has 0 amide bonds. The predicted molar refractivity (Wildman–Crippen MR) is 210 cm³/mol. The number of nitrogens with two attached hydrogens (primary N) is 2. The summed E-state index contributed by atoms with van der Waals surface area (Å²) >= 11 is 0. The number of hydrogen-bond acceptors (Lipinski definition) is 7. The Kier molecular flexibility index (Phi) is 10.5. The Morgan fingerprint density at radius 3 is 2.54 bits per heavy atom. The van der Waals surface area contributed by atoms with E-state index >= 15 is 0 Å². The molecule has 0 radical (unpaired) electrons. The molecule has 0 aromatic rings. The van der Waals surface area contributed by atoms with Gasteiger partial charge in [-0.05, 0) is 148 Å². The van der Waals surface area contributed by atoms with Crippen LogP contribution in [0.15, 0.2) is 11.1 Å². The van der Waals surface area contributed by atoms with Crippen LogP contribution in [0, 0.1) is 51.8 Å². The Bertz CT molecular complexity index is 1460. The molecule has 54 heavy (non-hydrogen) atoms. The van der Waals surface area contributed by atoms with E-state index in [1.165, 1.54) is 25.7 Å². The highest BCUT2D eigenvalue weighted by Gasteiger charge is 2.78. The fourth-order valence-electron chi connectivity index (χ4n) is 14.9. The van der Waals surface area contributed by atoms with Crippen LogP contribution in [0.2, 0.25) is 0 Å². The quantitative estimate of drug-likeness (QED) is 0.116. The number of Topliss-reactive ketones (excluding diaryl/α,β-unsaturated/α-hetero) is 1. The Balaban J connectivity index is 1.12. The number of allylic oxidation sites excluding steroid dienone is 1. The van der Waals surface area contributed by atoms with Crippen molar-refractivity contribution in [2.24, 2.45) is 57.5 Å². The third-order valence-corrected chi connectivity index (χ3v) is 18.4. The van der Waals surface area contributed by atoms with Crippen LogP contribution < -0.4 is 11.1 Å². The number of fused-ring (bicyclic) bond motifs is 2. The van der Waals surface area contributed by atoms with E-state index in [-0.39, 0.29) is 58.7 Å². The molecule has 8 nitrogen and oxygen atoms in total. The number of hydrogen-bond donors (Lipinski definition) is 5. The zero-order valence-corrected chi connectivity index (χ0v) is 34.8. The number of aliphatic hydroxyl groups is 3. The third kappa shape index (κ3) is 5.94. The molecule has 7 N–H and O–H groups in total. The minimum Gasteiger partial charge on any atom is -0.393 e. The Labute approximate surface area is 326 Å². The molecule has 8 heteroatoms. The standard InChI is InChI=1S/C46H76N2O6/c1-7-8-9-10-18-44-21-14-31(49)26-34(44)38(50)32-12-11-30-25-35(42(5)20-15-33(44)37(32)46(30,42)52)45(27-28(2)17-23-53-45)40-39(54-40)43(6,51)41(3,4)19-13-29-16-22-48-36(47)24-29/h28-31,33-36,39-40,48-49,51-52H,7-27,47H2,1-6H3/p+1/t28-,29?,30+,31-,33-,34-,35-,36?,39-,40+,42-,43-,44+,45-,46+/m0/s1. The van der Waals surface area contributed by atoms with Crippen molar-refractivity contribution >= 4 is 5.78 Å². The average molecular weight is 754 g/mol. The van der Waals surface area contributed by atoms with Gasteiger partial charge in [0.25, 0.3) is 0 Å². The fraction of sp³-hybridized carbons (Fsp3) is 0.935. The van der Waals surface area contributed by atoms with Crippen molar-refractivity contribution < 1.29 is 34.9 Å². The van der Waals surface area contributed by atoms with Crippen LogP contribution in [0.25, 0.3) is 0 Å². The van der Waals surface area contributed by atoms with E-state index in [9.17, 15) is 20.1 Å². The maximum atomic E-state index is 14.8. The summed E-state index contributed by atoms with van der Waals surface area (Å²) in [5.41, 5.74) is 4.68. The van der Waals surface area contributed by atoms with Crippen LogP contribution in [0.4, 0.5) is 0 Å². The van der Waals surface area contributed by atoms with Gasteiger partial charge in [-0.3, -0.25) is 10.5 Å². The lowest BCUT2D eigenvalue weighted by Gasteiger charge is -2.64. The lowest BCUT2D eigenvalue weighted by atomic mass is 9.41. The summed E-state index contributed by atoms with van der Waals surface area (Å²) in [6, 6.07) is 0. The topological polar surface area (TPSA) is 142 Å². The molecule has 6 fully saturated rings. The largest absolute Gasteiger partial charge is 0.393 e. The lowest BCUT2D eigenvalue weighted by Crippen LogP contribution is -2.94. The molecule has 0 aromatic heterocycles. The second-order valence-corrected chi connectivity index (χ2v) is 21.6. The minimum absolute atomic E-state index is 0.0611. The van der Waals surface area contributed by atoms with E-state index in [1.807, 2.05) is 6.92 Å². The molecular weight excluding hydrogens is 677 g/mol. The maximum absolute atomic E-state index is 14.8. The van der Waals surface area contributed by atoms with Gasteiger partial charge in [-0.1, -0.05) is 60.3 Å². The van der Waals surface area contributed by atoms with Crippen molar-refractivity contribution in [2.45, 2.75) is 205 Å². The van der Waals surface area contributed by atoms with Crippen molar-refractivity contribution in [3.05, 3.63) is 11.1 Å². The molecule has 3 heterocycles. The third-order valence-electron chi connectivity index (χ3n) is 18.4. The highest BCUT2D eigenvalue weighted by molar-refractivity contribution is 6.00. The normalized spacial score (nSPS) is 48.6. The van der Waals surface area contributed by atoms with Gasteiger partial charge in [0.2, 0.25) is 0 Å². The van der Waals surface area contributed by atoms with Crippen molar-refractivity contribution in [1.29, 1.82) is 0 Å². The highest BCUT2D eigenvalue weighted by atomic mass is 16.6. The second-order valence-electron chi connectivity index (χ2n) is 21.6. The lowest BCUT2D eigenvalue weighted by molar-refractivity contribution is -0.699. The summed E-state index contributed by atoms with van der Waals surface area (Å²) in [6.45, 7) is 15.2. The number of quaternary nitrogens is 1. The summed E-state index contributed by atoms with van der Waals surface area (Å²) in [4.78, 5) is 14.8. The molecule has 0 bridgehead atoms. The van der Waals surface area contributed by atoms with Gasteiger partial charge in [0, 0.05) is 24.4 Å². The second kappa shape index (κ2) is 14.2. The average Bonchev–Trinajstić information content (AvgIpc) is 3.91. The number of piperidine rings is 1. The number of aliphatic hydroxyl groups excluding tert-OH is 1. The fourth-order valence-corrected chi connectivity index (χ4v) is 14.9. The summed E-state index contributed by atoms with van der Waals surface area (Å²) in [5, 5.41) is 39.5. The number of rotatable bonds is 12. The van der Waals surface area contributed by atoms with Crippen LogP contribution in [-0.4, -0.2) is 75.5 Å². The molecule has 3 saturated carbocycles. The van der Waals surface area contributed by atoms with Crippen LogP contribution >= 0.6 is 0 Å². The van der Waals surface area contributed by atoms with Gasteiger partial charge in [0.1, 0.15) is 24.0 Å². The van der Waals surface area contributed by atoms with Gasteiger partial charge >= 0.3 is 0 Å². The SMILES string of the molecule is CCCCCC[C@]12CC[C@H](O)C[C@H]1C(=O)C1=C3[C@@H]2CC[C@@]2(C)[C@@H]([C@]4([C@@H]5O[C@@H]5[C@](C)(O)C(C)(C)CCC5CC[NH2+]C(N)C5)C[C@@H](C)CCO4)C[C@@H](CC1)[C@@]32O. The van der Waals surface area contributed by atoms with Crippen molar-refractivity contribution in [2.75, 3.05) is 13.2 Å². The van der Waals surface area contributed by atoms with Crippen molar-refractivity contribution in [3.63, 3.8) is 0 Å². The molecule has 15 atom stereocenters. The number of ketones is 1. The van der Waals surface area contributed by atoms with E-state index in [0.29, 0.717) is 24.9 Å². The molecule has 8 rings (SSSR count). The molecule has 8 aliphatic rings. The van der Waals surface area contributed by atoms with E-state index in [1.54, 1.807) is 0 Å². The summed E-state index contributed by atoms with van der Waals surface area (Å²) in [6.07, 6.45) is 17.6. The first-order valence-corrected chi connectivity index (χ1v) is 22.8. The van der Waals surface area contributed by atoms with Gasteiger partial charge in [0.15, 0.2) is 5.78 Å². The van der Waals surface area contributed by atoms with Crippen LogP contribution in [0.5, 0.6) is 0 Å². The molecule has 2 unspecified atom stereocenters. The van der Waals surface area contributed by atoms with E-state index < -0.39 is 28.3 Å². The number of ether oxygens (including phenoxy) is 2. The first kappa shape index (κ1) is 39.9. The summed E-state index contributed by atoms with van der Waals surface area (Å²) in [5.74, 6) is 1.53. The van der Waals surface area contributed by atoms with Gasteiger partial charge < -0.3 is 30.1 Å². The molecule has 0 spiro atoms. The van der Waals surface area contributed by atoms with Crippen LogP contribution in [0.3, 0.4) is 0 Å². The Morgan fingerprint density at radius 1 is 1.00 bits per heavy atom. The number of unbranched alkanes of at least 4 members (excludes halogenated alkanes) is 3. The molecular formula is C46H77N2O6+. The Hall–Kier alpha value is -0.870. The zero-order valence-electron chi connectivity index (χ0n) is 34.8. The number of carbonyl (C=O) groups is 1. The zero-order chi connectivity index (χ0) is 38.5. The first-order valence-electron chi connectivity index (χ1n) is 22.8. The van der Waals surface area contributed by atoms with Gasteiger partial charge in [-0.2, -0.15) is 0 Å². The van der Waals surface area contributed by atoms with Gasteiger partial charge in [-0.25, -0.2) is 0 Å². The van der Waals surface area contributed by atoms with Crippen LogP contribution in [-0.2, 0) is 14.3 Å². The van der Waals surface area contributed by atoms with Gasteiger partial charge in [-0.15, -0.1) is 0 Å². The van der Waals surface area contributed by atoms with Gasteiger partial charge in [0.05, 0.1) is 23.9 Å². The highest BCUT2D eigenvalue weighted by Crippen LogP contribution is 2.75. The maximum Gasteiger partial charge on any atom is 0.162 e. The molecule has 306 valence electrons. The number of carbonyl (C=O) groups excluding carboxylic acids is 1.